The van der Waals surface area contributed by atoms with Gasteiger partial charge >= 0.3 is 83.5 Å². The van der Waals surface area contributed by atoms with Crippen molar-refractivity contribution in [3.05, 3.63) is 0 Å². The minimum absolute atomic E-state index is 0. The van der Waals surface area contributed by atoms with E-state index in [2.05, 4.69) is 0 Å². The largest absolute Gasteiger partial charge is 4.00 e. The van der Waals surface area contributed by atoms with Gasteiger partial charge in [-0.15, -0.1) is 0 Å². The average molecular weight is 797 g/mol. The molecule has 0 aliphatic carbocycles. The molecule has 176 valence electrons. The molecule has 0 atom stereocenters. The van der Waals surface area contributed by atoms with Gasteiger partial charge in [-0.2, -0.15) is 0 Å². The zero-order valence-electron chi connectivity index (χ0n) is 13.2. The van der Waals surface area contributed by atoms with Crippen LogP contribution in [0.1, 0.15) is 0 Å². The van der Waals surface area contributed by atoms with Crippen LogP contribution in [-0.4, -0.2) is 87.6 Å². The average Bonchev–Trinajstić information content (AvgIpc) is 1.79. The maximum Gasteiger partial charge on any atom is 4.00 e. The van der Waals surface area contributed by atoms with Gasteiger partial charge in [-0.25, -0.2) is 0 Å². The fourth-order valence-electron chi connectivity index (χ4n) is 0. The Morgan fingerprint density at radius 2 is 0.276 bits per heavy atom. The summed E-state index contributed by atoms with van der Waals surface area (Å²) in [5, 5.41) is 0. The first-order valence-corrected chi connectivity index (χ1v) is 10.0. The van der Waals surface area contributed by atoms with Crippen molar-refractivity contribution in [3.63, 3.8) is 0 Å². The summed E-state index contributed by atoms with van der Waals surface area (Å²) in [7, 11) is -25.8. The second-order valence-electron chi connectivity index (χ2n) is 2.04. The molecule has 0 amide bonds. The molecule has 0 aliphatic heterocycles. The predicted molar refractivity (Wildman–Crippen MR) is 64.3 cm³/mol. The van der Waals surface area contributed by atoms with Gasteiger partial charge in [0.25, 0.3) is 0 Å². The summed E-state index contributed by atoms with van der Waals surface area (Å²) in [6, 6.07) is 0. The SMILES string of the molecule is O=S(=O)([O-])[O-].O=S(=O)([O-])[O-].O=S(=O)([O-])[O-].O=S(=O)([O-])[O-].O=S(=O)([O-])[O-].[Ce+4].[Ce+4].[NH4+].[NH4+]. The molecular weight excluding hydrogens is 789 g/mol. The van der Waals surface area contributed by atoms with Gasteiger partial charge in [0, 0.05) is 52.0 Å². The molecule has 0 rings (SSSR count). The third-order valence-electron chi connectivity index (χ3n) is 0. The molecular formula is H8Ce2N2O20S5. The summed E-state index contributed by atoms with van der Waals surface area (Å²) >= 11 is 0. The zero-order valence-corrected chi connectivity index (χ0v) is 23.6. The van der Waals surface area contributed by atoms with Gasteiger partial charge in [-0.1, -0.05) is 0 Å². The van der Waals surface area contributed by atoms with Crippen molar-refractivity contribution >= 4 is 52.0 Å². The van der Waals surface area contributed by atoms with Crippen molar-refractivity contribution in [3.8, 4) is 0 Å². The third-order valence-corrected chi connectivity index (χ3v) is 0. The Labute approximate surface area is 232 Å². The normalized spacial score (nSPS) is 10.0. The molecule has 0 unspecified atom stereocenters. The molecule has 0 fully saturated rings. The van der Waals surface area contributed by atoms with Crippen LogP contribution in [0.4, 0.5) is 0 Å². The Bertz CT molecular complexity index is 629. The molecule has 0 spiro atoms. The number of rotatable bonds is 0. The van der Waals surface area contributed by atoms with Gasteiger partial charge in [-0.05, 0) is 0 Å². The fourth-order valence-corrected chi connectivity index (χ4v) is 0. The molecule has 0 aromatic rings. The topological polar surface area (TPSA) is 474 Å². The number of hydrogen-bond donors (Lipinski definition) is 2. The smallest absolute Gasteiger partial charge is 0.759 e. The first-order valence-electron chi connectivity index (χ1n) is 3.33. The monoisotopic (exact) mass is 796 g/mol. The molecule has 0 aromatic heterocycles. The summed E-state index contributed by atoms with van der Waals surface area (Å²) in [6.45, 7) is 0. The van der Waals surface area contributed by atoms with Crippen LogP contribution in [0.25, 0.3) is 0 Å². The van der Waals surface area contributed by atoms with Crippen LogP contribution >= 0.6 is 0 Å². The molecule has 8 N–H and O–H groups in total. The first-order chi connectivity index (χ1) is 10.0. The summed E-state index contributed by atoms with van der Waals surface area (Å²) in [5.74, 6) is 0. The third kappa shape index (κ3) is 5760. The van der Waals surface area contributed by atoms with Crippen molar-refractivity contribution in [2.75, 3.05) is 0 Å². The van der Waals surface area contributed by atoms with Crippen LogP contribution in [-0.2, 0) is 52.0 Å². The van der Waals surface area contributed by atoms with Crippen LogP contribution in [0.2, 0.25) is 0 Å². The van der Waals surface area contributed by atoms with E-state index >= 15 is 0 Å². The van der Waals surface area contributed by atoms with E-state index in [9.17, 15) is 0 Å². The summed E-state index contributed by atoms with van der Waals surface area (Å²) in [6.07, 6.45) is 0. The maximum atomic E-state index is 8.52. The Morgan fingerprint density at radius 3 is 0.276 bits per heavy atom. The predicted octanol–water partition coefficient (Wildman–Crippen LogP) is -5.94. The zero-order chi connectivity index (χ0) is 22.5. The minimum Gasteiger partial charge on any atom is -0.759 e. The minimum atomic E-state index is -5.17. The van der Waals surface area contributed by atoms with Crippen LogP contribution in [0.5, 0.6) is 0 Å². The number of hydrogen-bond acceptors (Lipinski definition) is 20. The molecule has 29 heavy (non-hydrogen) atoms. The van der Waals surface area contributed by atoms with Crippen molar-refractivity contribution in [1.29, 1.82) is 0 Å². The second kappa shape index (κ2) is 24.7. The van der Waals surface area contributed by atoms with Gasteiger partial charge in [0.1, 0.15) is 0 Å². The van der Waals surface area contributed by atoms with E-state index in [4.69, 9.17) is 87.6 Å². The Balaban J connectivity index is -0.0000000238. The van der Waals surface area contributed by atoms with Gasteiger partial charge in [0.15, 0.2) is 0 Å². The molecule has 0 saturated heterocycles. The quantitative estimate of drug-likeness (QED) is 0.170. The van der Waals surface area contributed by atoms with E-state index in [0.717, 1.165) is 0 Å². The standard InChI is InChI=1S/2Ce.2H3N.5H2O4S/c;;;;5*1-5(2,3)4/h;;2*1H3;5*(H2,1,2,3,4)/q2*+4;;;;;;;/p-8. The first kappa shape index (κ1) is 57.7. The van der Waals surface area contributed by atoms with E-state index in [-0.39, 0.29) is 95.8 Å². The molecule has 0 radical (unpaired) electrons. The number of quaternary nitrogens is 2. The Kier molecular flexibility index (Phi) is 49.0. The second-order valence-corrected chi connectivity index (χ2v) is 6.12. The Morgan fingerprint density at radius 1 is 0.276 bits per heavy atom. The van der Waals surface area contributed by atoms with Crippen molar-refractivity contribution < 1.29 is 171 Å². The van der Waals surface area contributed by atoms with Crippen LogP contribution in [0.3, 0.4) is 0 Å². The summed E-state index contributed by atoms with van der Waals surface area (Å²) < 4.78 is 170. The molecule has 0 heterocycles. The van der Waals surface area contributed by atoms with E-state index in [0.29, 0.717) is 0 Å². The van der Waals surface area contributed by atoms with Crippen LogP contribution in [0, 0.1) is 83.5 Å². The van der Waals surface area contributed by atoms with Gasteiger partial charge in [0.05, 0.1) is 0 Å². The van der Waals surface area contributed by atoms with Crippen molar-refractivity contribution in [2.24, 2.45) is 0 Å². The van der Waals surface area contributed by atoms with Gasteiger partial charge in [0.2, 0.25) is 0 Å². The van der Waals surface area contributed by atoms with E-state index in [1.54, 1.807) is 0 Å². The maximum absolute atomic E-state index is 8.52. The van der Waals surface area contributed by atoms with E-state index in [1.807, 2.05) is 0 Å². The molecule has 0 saturated carbocycles. The van der Waals surface area contributed by atoms with Crippen molar-refractivity contribution in [2.45, 2.75) is 0 Å². The molecule has 0 aliphatic rings. The molecule has 29 heteroatoms. The van der Waals surface area contributed by atoms with E-state index in [1.165, 1.54) is 0 Å². The fraction of sp³-hybridized carbons (Fsp3) is 0. The molecule has 0 bridgehead atoms. The van der Waals surface area contributed by atoms with Crippen LogP contribution in [0.15, 0.2) is 0 Å². The van der Waals surface area contributed by atoms with Crippen LogP contribution < -0.4 is 12.3 Å². The summed E-state index contributed by atoms with van der Waals surface area (Å²) in [5.41, 5.74) is 0. The molecule has 22 nitrogen and oxygen atoms in total. The summed E-state index contributed by atoms with van der Waals surface area (Å²) in [4.78, 5) is 0. The Hall–Kier alpha value is 2.02. The van der Waals surface area contributed by atoms with Crippen molar-refractivity contribution in [1.82, 2.24) is 12.3 Å². The molecule has 0 aromatic carbocycles. The van der Waals surface area contributed by atoms with E-state index < -0.39 is 52.0 Å². The van der Waals surface area contributed by atoms with Gasteiger partial charge < -0.3 is 57.8 Å². The van der Waals surface area contributed by atoms with Gasteiger partial charge in [-0.3, -0.25) is 42.1 Å².